The van der Waals surface area contributed by atoms with E-state index in [1.807, 2.05) is 45.0 Å². The molecule has 9 heteroatoms. The van der Waals surface area contributed by atoms with Gasteiger partial charge in [0.1, 0.15) is 24.5 Å². The van der Waals surface area contributed by atoms with Gasteiger partial charge in [0, 0.05) is 13.2 Å². The standard InChI is InChI=1S/C20H30ClN5O3/c1-5-15(28-17-11-9-8-10-16(17)21)12-23-20(22-6-2)24-13-18-25-19(26-29-18)14(4)27-7-3/h8-11,14-15H,5-7,12-13H2,1-4H3,(H2,22,23,24). The van der Waals surface area contributed by atoms with Crippen molar-refractivity contribution in [3.8, 4) is 5.75 Å². The molecule has 160 valence electrons. The molecule has 1 aromatic carbocycles. The second-order valence-electron chi connectivity index (χ2n) is 6.30. The topological polar surface area (TPSA) is 93.8 Å². The van der Waals surface area contributed by atoms with Gasteiger partial charge in [-0.1, -0.05) is 35.8 Å². The van der Waals surface area contributed by atoms with E-state index in [-0.39, 0.29) is 18.8 Å². The summed E-state index contributed by atoms with van der Waals surface area (Å²) in [5, 5.41) is 11.0. The molecule has 0 aliphatic heterocycles. The summed E-state index contributed by atoms with van der Waals surface area (Å²) in [6.45, 7) is 10.0. The normalized spacial score (nSPS) is 13.8. The first kappa shape index (κ1) is 23.0. The third-order valence-electron chi connectivity index (χ3n) is 4.06. The Balaban J connectivity index is 1.93. The van der Waals surface area contributed by atoms with Crippen LogP contribution in [0, 0.1) is 0 Å². The number of hydrogen-bond acceptors (Lipinski definition) is 6. The number of guanidine groups is 1. The van der Waals surface area contributed by atoms with Crippen molar-refractivity contribution < 1.29 is 14.0 Å². The van der Waals surface area contributed by atoms with E-state index in [1.54, 1.807) is 0 Å². The molecule has 2 atom stereocenters. The molecule has 0 saturated heterocycles. The smallest absolute Gasteiger partial charge is 0.248 e. The van der Waals surface area contributed by atoms with E-state index in [2.05, 4.69) is 32.7 Å². The van der Waals surface area contributed by atoms with Gasteiger partial charge in [-0.2, -0.15) is 4.98 Å². The van der Waals surface area contributed by atoms with Gasteiger partial charge in [0.15, 0.2) is 11.8 Å². The molecule has 2 aromatic rings. The van der Waals surface area contributed by atoms with Crippen molar-refractivity contribution in [3.63, 3.8) is 0 Å². The Morgan fingerprint density at radius 2 is 2.03 bits per heavy atom. The Kier molecular flexibility index (Phi) is 9.73. The van der Waals surface area contributed by atoms with Crippen LogP contribution < -0.4 is 15.4 Å². The summed E-state index contributed by atoms with van der Waals surface area (Å²) in [6, 6.07) is 7.45. The fraction of sp³-hybridized carbons (Fsp3) is 0.550. The molecule has 2 N–H and O–H groups in total. The minimum absolute atomic E-state index is 0.0548. The fourth-order valence-corrected chi connectivity index (χ4v) is 2.69. The quantitative estimate of drug-likeness (QED) is 0.420. The molecule has 29 heavy (non-hydrogen) atoms. The summed E-state index contributed by atoms with van der Waals surface area (Å²) >= 11 is 6.19. The van der Waals surface area contributed by atoms with Crippen LogP contribution in [-0.4, -0.2) is 41.9 Å². The van der Waals surface area contributed by atoms with Gasteiger partial charge in [-0.25, -0.2) is 4.99 Å². The van der Waals surface area contributed by atoms with Gasteiger partial charge in [-0.05, 0) is 39.3 Å². The maximum Gasteiger partial charge on any atom is 0.248 e. The minimum atomic E-state index is -0.208. The lowest BCUT2D eigenvalue weighted by Crippen LogP contribution is -2.42. The minimum Gasteiger partial charge on any atom is -0.487 e. The van der Waals surface area contributed by atoms with Crippen LogP contribution in [0.1, 0.15) is 51.9 Å². The van der Waals surface area contributed by atoms with Crippen LogP contribution in [0.5, 0.6) is 5.75 Å². The SMILES string of the molecule is CCNC(=NCc1nc(C(C)OCC)no1)NCC(CC)Oc1ccccc1Cl. The highest BCUT2D eigenvalue weighted by Crippen LogP contribution is 2.24. The lowest BCUT2D eigenvalue weighted by Gasteiger charge is -2.20. The molecule has 0 bridgehead atoms. The maximum atomic E-state index is 6.19. The predicted molar refractivity (Wildman–Crippen MR) is 113 cm³/mol. The number of nitrogens with zero attached hydrogens (tertiary/aromatic N) is 3. The summed E-state index contributed by atoms with van der Waals surface area (Å²) in [7, 11) is 0. The van der Waals surface area contributed by atoms with Crippen molar-refractivity contribution in [1.82, 2.24) is 20.8 Å². The molecule has 0 aliphatic rings. The van der Waals surface area contributed by atoms with Gasteiger partial charge in [0.05, 0.1) is 11.6 Å². The van der Waals surface area contributed by atoms with Gasteiger partial charge in [-0.15, -0.1) is 0 Å². The molecule has 2 unspecified atom stereocenters. The fourth-order valence-electron chi connectivity index (χ4n) is 2.51. The molecule has 0 aliphatic carbocycles. The van der Waals surface area contributed by atoms with E-state index in [9.17, 15) is 0 Å². The number of aliphatic imine (C=N–C) groups is 1. The monoisotopic (exact) mass is 423 g/mol. The van der Waals surface area contributed by atoms with Crippen LogP contribution in [0.15, 0.2) is 33.8 Å². The molecule has 0 amide bonds. The second-order valence-corrected chi connectivity index (χ2v) is 6.71. The number of aromatic nitrogens is 2. The first-order valence-corrected chi connectivity index (χ1v) is 10.3. The Morgan fingerprint density at radius 3 is 2.72 bits per heavy atom. The van der Waals surface area contributed by atoms with Crippen molar-refractivity contribution in [3.05, 3.63) is 41.0 Å². The summed E-state index contributed by atoms with van der Waals surface area (Å²) in [5.74, 6) is 2.27. The molecular formula is C20H30ClN5O3. The Hall–Kier alpha value is -2.32. The van der Waals surface area contributed by atoms with Crippen LogP contribution in [0.2, 0.25) is 5.02 Å². The number of ether oxygens (including phenoxy) is 2. The van der Waals surface area contributed by atoms with Crippen molar-refractivity contribution in [2.24, 2.45) is 4.99 Å². The Bertz CT molecular complexity index is 768. The van der Waals surface area contributed by atoms with Crippen molar-refractivity contribution in [2.75, 3.05) is 19.7 Å². The highest BCUT2D eigenvalue weighted by Gasteiger charge is 2.14. The van der Waals surface area contributed by atoms with Crippen molar-refractivity contribution in [1.29, 1.82) is 0 Å². The summed E-state index contributed by atoms with van der Waals surface area (Å²) < 4.78 is 16.7. The summed E-state index contributed by atoms with van der Waals surface area (Å²) in [5.41, 5.74) is 0. The third kappa shape index (κ3) is 7.55. The molecule has 1 heterocycles. The zero-order valence-corrected chi connectivity index (χ0v) is 18.2. The molecule has 8 nitrogen and oxygen atoms in total. The van der Waals surface area contributed by atoms with Gasteiger partial charge in [0.2, 0.25) is 5.89 Å². The Labute approximate surface area is 177 Å². The molecule has 0 spiro atoms. The highest BCUT2D eigenvalue weighted by atomic mass is 35.5. The molecule has 0 saturated carbocycles. The third-order valence-corrected chi connectivity index (χ3v) is 4.38. The molecule has 0 radical (unpaired) electrons. The van der Waals surface area contributed by atoms with Gasteiger partial charge >= 0.3 is 0 Å². The van der Waals surface area contributed by atoms with E-state index < -0.39 is 0 Å². The number of rotatable bonds is 11. The largest absolute Gasteiger partial charge is 0.487 e. The summed E-state index contributed by atoms with van der Waals surface area (Å²) in [6.07, 6.45) is 0.556. The first-order valence-electron chi connectivity index (χ1n) is 9.94. The van der Waals surface area contributed by atoms with Crippen molar-refractivity contribution >= 4 is 17.6 Å². The average Bonchev–Trinajstić information content (AvgIpc) is 3.20. The highest BCUT2D eigenvalue weighted by molar-refractivity contribution is 6.32. The van der Waals surface area contributed by atoms with E-state index in [0.717, 1.165) is 13.0 Å². The zero-order valence-electron chi connectivity index (χ0n) is 17.4. The van der Waals surface area contributed by atoms with Crippen LogP contribution >= 0.6 is 11.6 Å². The van der Waals surface area contributed by atoms with Crippen LogP contribution in [-0.2, 0) is 11.3 Å². The molecule has 1 aromatic heterocycles. The zero-order chi connectivity index (χ0) is 21.1. The Morgan fingerprint density at radius 1 is 1.24 bits per heavy atom. The van der Waals surface area contributed by atoms with E-state index in [4.69, 9.17) is 25.6 Å². The average molecular weight is 424 g/mol. The number of para-hydroxylation sites is 1. The lowest BCUT2D eigenvalue weighted by atomic mass is 10.2. The predicted octanol–water partition coefficient (Wildman–Crippen LogP) is 3.73. The maximum absolute atomic E-state index is 6.19. The molecule has 0 fully saturated rings. The van der Waals surface area contributed by atoms with Crippen LogP contribution in [0.4, 0.5) is 0 Å². The van der Waals surface area contributed by atoms with Gasteiger partial charge in [0.25, 0.3) is 0 Å². The number of halogens is 1. The first-order chi connectivity index (χ1) is 14.1. The molecule has 2 rings (SSSR count). The number of benzene rings is 1. The lowest BCUT2D eigenvalue weighted by molar-refractivity contribution is 0.0683. The second kappa shape index (κ2) is 12.3. The van der Waals surface area contributed by atoms with Crippen LogP contribution in [0.3, 0.4) is 0 Å². The summed E-state index contributed by atoms with van der Waals surface area (Å²) in [4.78, 5) is 8.84. The van der Waals surface area contributed by atoms with E-state index in [0.29, 0.717) is 41.6 Å². The van der Waals surface area contributed by atoms with E-state index >= 15 is 0 Å². The van der Waals surface area contributed by atoms with Crippen molar-refractivity contribution in [2.45, 2.75) is 52.9 Å². The van der Waals surface area contributed by atoms with E-state index in [1.165, 1.54) is 0 Å². The number of nitrogens with one attached hydrogen (secondary N) is 2. The molecular weight excluding hydrogens is 394 g/mol. The van der Waals surface area contributed by atoms with Crippen LogP contribution in [0.25, 0.3) is 0 Å². The van der Waals surface area contributed by atoms with Gasteiger partial charge < -0.3 is 24.6 Å². The number of hydrogen-bond donors (Lipinski definition) is 2. The van der Waals surface area contributed by atoms with Gasteiger partial charge in [-0.3, -0.25) is 0 Å².